The summed E-state index contributed by atoms with van der Waals surface area (Å²) in [5.41, 5.74) is 7.40. The fourth-order valence-corrected chi connectivity index (χ4v) is 1.08. The molecule has 0 unspecified atom stereocenters. The lowest BCUT2D eigenvalue weighted by Crippen LogP contribution is -2.32. The Bertz CT molecular complexity index is 483. The quantitative estimate of drug-likeness (QED) is 0.336. The number of amides is 2. The smallest absolute Gasteiger partial charge is 0.329 e. The molecule has 94 valence electrons. The molecule has 2 amide bonds. The number of nitrogens with one attached hydrogen (secondary N) is 1. The number of benzene rings is 1. The predicted octanol–water partition coefficient (Wildman–Crippen LogP) is 0.187. The van der Waals surface area contributed by atoms with Crippen LogP contribution in [0.3, 0.4) is 0 Å². The summed E-state index contributed by atoms with van der Waals surface area (Å²) in [6, 6.07) is 7.09. The Morgan fingerprint density at radius 2 is 2.17 bits per heavy atom. The van der Waals surface area contributed by atoms with Gasteiger partial charge in [-0.3, -0.25) is 9.59 Å². The molecule has 0 atom stereocenters. The van der Waals surface area contributed by atoms with E-state index in [0.717, 1.165) is 0 Å². The highest BCUT2D eigenvalue weighted by Crippen LogP contribution is 2.15. The summed E-state index contributed by atoms with van der Waals surface area (Å²) < 4.78 is 5.38. The topological polar surface area (TPSA) is 93.8 Å². The number of hydrogen-bond acceptors (Lipinski definition) is 4. The number of rotatable bonds is 5. The zero-order chi connectivity index (χ0) is 13.4. The van der Waals surface area contributed by atoms with Gasteiger partial charge in [0.2, 0.25) is 0 Å². The molecule has 0 heterocycles. The Morgan fingerprint density at radius 1 is 1.44 bits per heavy atom. The van der Waals surface area contributed by atoms with Gasteiger partial charge in [-0.2, -0.15) is 5.10 Å². The van der Waals surface area contributed by atoms with Gasteiger partial charge in [-0.1, -0.05) is 24.8 Å². The van der Waals surface area contributed by atoms with Gasteiger partial charge < -0.3 is 10.5 Å². The number of nitrogens with zero attached hydrogens (tertiary/aromatic N) is 1. The van der Waals surface area contributed by atoms with Gasteiger partial charge in [0.25, 0.3) is 0 Å². The highest BCUT2D eigenvalue weighted by Gasteiger charge is 2.05. The molecular formula is C12H13N3O3. The largest absolute Gasteiger partial charge is 0.489 e. The number of hydrogen-bond donors (Lipinski definition) is 2. The van der Waals surface area contributed by atoms with Crippen LogP contribution in [0.25, 0.3) is 0 Å². The maximum Gasteiger partial charge on any atom is 0.329 e. The first-order valence-electron chi connectivity index (χ1n) is 5.10. The number of carbonyl (C=O) groups is 2. The fraction of sp³-hybridized carbons (Fsp3) is 0.0833. The number of para-hydroxylation sites is 1. The summed E-state index contributed by atoms with van der Waals surface area (Å²) >= 11 is 0. The number of carbonyl (C=O) groups excluding carboxylic acids is 2. The standard InChI is InChI=1S/C12H13N3O3/c1-2-7-18-10-6-4-3-5-9(10)8-14-15-12(17)11(13)16/h2-6,8H,1,7H2,(H2,13,16)(H,15,17)/b14-8-. The Morgan fingerprint density at radius 3 is 2.83 bits per heavy atom. The minimum Gasteiger partial charge on any atom is -0.489 e. The highest BCUT2D eigenvalue weighted by molar-refractivity contribution is 6.34. The molecule has 0 aliphatic rings. The molecule has 0 radical (unpaired) electrons. The molecule has 0 fully saturated rings. The molecule has 0 spiro atoms. The lowest BCUT2D eigenvalue weighted by atomic mass is 10.2. The van der Waals surface area contributed by atoms with Crippen molar-refractivity contribution < 1.29 is 14.3 Å². The van der Waals surface area contributed by atoms with Gasteiger partial charge in [-0.05, 0) is 12.1 Å². The molecule has 1 aromatic carbocycles. The molecule has 0 saturated carbocycles. The maximum atomic E-state index is 10.8. The molecule has 3 N–H and O–H groups in total. The van der Waals surface area contributed by atoms with Gasteiger partial charge >= 0.3 is 11.8 Å². The number of hydrazone groups is 1. The molecule has 6 heteroatoms. The minimum absolute atomic E-state index is 0.360. The molecule has 1 aromatic rings. The lowest BCUT2D eigenvalue weighted by Gasteiger charge is -2.05. The van der Waals surface area contributed by atoms with Crippen molar-refractivity contribution in [2.24, 2.45) is 10.8 Å². The fourth-order valence-electron chi connectivity index (χ4n) is 1.08. The Hall–Kier alpha value is -2.63. The van der Waals surface area contributed by atoms with Crippen molar-refractivity contribution in [1.29, 1.82) is 0 Å². The zero-order valence-electron chi connectivity index (χ0n) is 9.63. The molecule has 0 saturated heterocycles. The molecular weight excluding hydrogens is 234 g/mol. The van der Waals surface area contributed by atoms with E-state index in [9.17, 15) is 9.59 Å². The van der Waals surface area contributed by atoms with Gasteiger partial charge in [0, 0.05) is 5.56 Å². The zero-order valence-corrected chi connectivity index (χ0v) is 9.63. The summed E-state index contributed by atoms with van der Waals surface area (Å²) in [6.07, 6.45) is 2.97. The maximum absolute atomic E-state index is 10.8. The first-order valence-corrected chi connectivity index (χ1v) is 5.10. The summed E-state index contributed by atoms with van der Waals surface area (Å²) in [4.78, 5) is 21.3. The van der Waals surface area contributed by atoms with E-state index in [1.807, 2.05) is 5.43 Å². The number of ether oxygens (including phenoxy) is 1. The van der Waals surface area contributed by atoms with Crippen LogP contribution in [0.5, 0.6) is 5.75 Å². The van der Waals surface area contributed by atoms with Gasteiger partial charge in [-0.25, -0.2) is 5.43 Å². The van der Waals surface area contributed by atoms with Gasteiger partial charge in [0.05, 0.1) is 6.21 Å². The second-order valence-corrected chi connectivity index (χ2v) is 3.20. The lowest BCUT2D eigenvalue weighted by molar-refractivity contribution is -0.137. The van der Waals surface area contributed by atoms with Crippen LogP contribution in [0.1, 0.15) is 5.56 Å². The second-order valence-electron chi connectivity index (χ2n) is 3.20. The Labute approximate surface area is 104 Å². The SMILES string of the molecule is C=CCOc1ccccc1/C=N\NC(=O)C(N)=O. The van der Waals surface area contributed by atoms with Crippen LogP contribution in [0, 0.1) is 0 Å². The third kappa shape index (κ3) is 4.09. The van der Waals surface area contributed by atoms with E-state index < -0.39 is 11.8 Å². The summed E-state index contributed by atoms with van der Waals surface area (Å²) in [5.74, 6) is -1.48. The van der Waals surface area contributed by atoms with Gasteiger partial charge in [0.1, 0.15) is 12.4 Å². The van der Waals surface area contributed by atoms with Gasteiger partial charge in [-0.15, -0.1) is 0 Å². The third-order valence-corrected chi connectivity index (χ3v) is 1.87. The average molecular weight is 247 g/mol. The summed E-state index contributed by atoms with van der Waals surface area (Å²) in [5, 5.41) is 3.60. The minimum atomic E-state index is -1.09. The van der Waals surface area contributed by atoms with Crippen LogP contribution in [0.4, 0.5) is 0 Å². The number of primary amides is 1. The molecule has 6 nitrogen and oxygen atoms in total. The molecule has 0 bridgehead atoms. The first kappa shape index (κ1) is 13.4. The molecule has 18 heavy (non-hydrogen) atoms. The molecule has 0 aromatic heterocycles. The van der Waals surface area contributed by atoms with Crippen molar-refractivity contribution in [2.75, 3.05) is 6.61 Å². The van der Waals surface area contributed by atoms with E-state index in [1.165, 1.54) is 6.21 Å². The summed E-state index contributed by atoms with van der Waals surface area (Å²) in [6.45, 7) is 3.90. The van der Waals surface area contributed by atoms with E-state index in [2.05, 4.69) is 11.7 Å². The summed E-state index contributed by atoms with van der Waals surface area (Å²) in [7, 11) is 0. The van der Waals surface area contributed by atoms with E-state index in [1.54, 1.807) is 30.3 Å². The normalized spacial score (nSPS) is 10.0. The van der Waals surface area contributed by atoms with Crippen molar-refractivity contribution >= 4 is 18.0 Å². The van der Waals surface area contributed by atoms with E-state index >= 15 is 0 Å². The van der Waals surface area contributed by atoms with Crippen LogP contribution in [0.15, 0.2) is 42.0 Å². The van der Waals surface area contributed by atoms with Crippen molar-refractivity contribution in [2.45, 2.75) is 0 Å². The molecule has 0 aliphatic carbocycles. The van der Waals surface area contributed by atoms with E-state index in [0.29, 0.717) is 17.9 Å². The van der Waals surface area contributed by atoms with Crippen LogP contribution < -0.4 is 15.9 Å². The van der Waals surface area contributed by atoms with Crippen molar-refractivity contribution in [3.63, 3.8) is 0 Å². The highest BCUT2D eigenvalue weighted by atomic mass is 16.5. The predicted molar refractivity (Wildman–Crippen MR) is 67.1 cm³/mol. The van der Waals surface area contributed by atoms with Crippen molar-refractivity contribution in [1.82, 2.24) is 5.43 Å². The second kappa shape index (κ2) is 6.85. The molecule has 0 aliphatic heterocycles. The average Bonchev–Trinajstić information content (AvgIpc) is 2.37. The third-order valence-electron chi connectivity index (χ3n) is 1.87. The Kier molecular flexibility index (Phi) is 5.11. The van der Waals surface area contributed by atoms with Crippen LogP contribution in [-0.2, 0) is 9.59 Å². The van der Waals surface area contributed by atoms with Crippen molar-refractivity contribution in [3.05, 3.63) is 42.5 Å². The van der Waals surface area contributed by atoms with Crippen LogP contribution in [0.2, 0.25) is 0 Å². The van der Waals surface area contributed by atoms with Gasteiger partial charge in [0.15, 0.2) is 0 Å². The Balaban J connectivity index is 2.71. The monoisotopic (exact) mass is 247 g/mol. The molecule has 1 rings (SSSR count). The number of nitrogens with two attached hydrogens (primary N) is 1. The first-order chi connectivity index (χ1) is 8.65. The van der Waals surface area contributed by atoms with E-state index in [4.69, 9.17) is 10.5 Å². The van der Waals surface area contributed by atoms with E-state index in [-0.39, 0.29) is 0 Å². The van der Waals surface area contributed by atoms with Crippen LogP contribution >= 0.6 is 0 Å². The van der Waals surface area contributed by atoms with Crippen LogP contribution in [-0.4, -0.2) is 24.6 Å². The van der Waals surface area contributed by atoms with Crippen molar-refractivity contribution in [3.8, 4) is 5.75 Å².